The molecule has 19 heavy (non-hydrogen) atoms. The molecule has 0 saturated carbocycles. The lowest BCUT2D eigenvalue weighted by atomic mass is 10.3. The zero-order valence-electron chi connectivity index (χ0n) is 9.85. The van der Waals surface area contributed by atoms with Crippen molar-refractivity contribution in [2.24, 2.45) is 0 Å². The summed E-state index contributed by atoms with van der Waals surface area (Å²) in [7, 11) is 0. The van der Waals surface area contributed by atoms with Gasteiger partial charge in [0, 0.05) is 25.0 Å². The molecule has 0 N–H and O–H groups in total. The van der Waals surface area contributed by atoms with Crippen molar-refractivity contribution in [1.82, 2.24) is 9.13 Å². The Morgan fingerprint density at radius 1 is 1.11 bits per heavy atom. The predicted octanol–water partition coefficient (Wildman–Crippen LogP) is 1.46. The lowest BCUT2D eigenvalue weighted by Crippen LogP contribution is -2.39. The molecule has 4 nitrogen and oxygen atoms in total. The largest absolute Gasteiger partial charge is 0.320 e. The van der Waals surface area contributed by atoms with E-state index in [2.05, 4.69) is 6.58 Å². The van der Waals surface area contributed by atoms with Crippen LogP contribution in [0.15, 0.2) is 52.8 Å². The van der Waals surface area contributed by atoms with E-state index in [1.165, 1.54) is 29.1 Å². The Morgan fingerprint density at radius 3 is 2.47 bits per heavy atom. The van der Waals surface area contributed by atoms with Gasteiger partial charge in [-0.1, -0.05) is 6.08 Å². The summed E-state index contributed by atoms with van der Waals surface area (Å²) in [5, 5.41) is 0. The third kappa shape index (κ3) is 2.37. The molecule has 1 heterocycles. The van der Waals surface area contributed by atoms with Crippen molar-refractivity contribution in [3.63, 3.8) is 0 Å². The van der Waals surface area contributed by atoms with Crippen molar-refractivity contribution in [3.8, 4) is 5.69 Å². The first kappa shape index (κ1) is 12.9. The van der Waals surface area contributed by atoms with Gasteiger partial charge in [0.1, 0.15) is 0 Å². The van der Waals surface area contributed by atoms with E-state index in [-0.39, 0.29) is 12.2 Å². The number of nitrogens with zero attached hydrogens (tertiary/aromatic N) is 2. The smallest absolute Gasteiger partial charge is 0.306 e. The molecule has 0 unspecified atom stereocenters. The first-order valence-corrected chi connectivity index (χ1v) is 5.43. The summed E-state index contributed by atoms with van der Waals surface area (Å²) >= 11 is 0. The summed E-state index contributed by atoms with van der Waals surface area (Å²) in [6, 6.07) is 2.97. The summed E-state index contributed by atoms with van der Waals surface area (Å²) in [5.74, 6) is -2.10. The highest BCUT2D eigenvalue weighted by Gasteiger charge is 2.08. The average Bonchev–Trinajstić information content (AvgIpc) is 2.39. The van der Waals surface area contributed by atoms with Crippen molar-refractivity contribution in [2.75, 3.05) is 0 Å². The second kappa shape index (κ2) is 5.01. The van der Waals surface area contributed by atoms with Crippen molar-refractivity contribution < 1.29 is 8.78 Å². The van der Waals surface area contributed by atoms with E-state index >= 15 is 0 Å². The number of rotatable bonds is 3. The zero-order valence-corrected chi connectivity index (χ0v) is 9.85. The quantitative estimate of drug-likeness (QED) is 0.622. The lowest BCUT2D eigenvalue weighted by molar-refractivity contribution is 0.507. The molecule has 0 amide bonds. The fourth-order valence-corrected chi connectivity index (χ4v) is 1.63. The maximum Gasteiger partial charge on any atom is 0.320 e. The van der Waals surface area contributed by atoms with E-state index in [9.17, 15) is 18.4 Å². The Balaban J connectivity index is 2.61. The fourth-order valence-electron chi connectivity index (χ4n) is 1.63. The van der Waals surface area contributed by atoms with Gasteiger partial charge in [-0.05, 0) is 12.1 Å². The van der Waals surface area contributed by atoms with E-state index in [1.807, 2.05) is 0 Å². The van der Waals surface area contributed by atoms with E-state index in [0.29, 0.717) is 0 Å². The molecule has 2 aromatic rings. The maximum atomic E-state index is 13.1. The van der Waals surface area contributed by atoms with Crippen LogP contribution in [0.3, 0.4) is 0 Å². The van der Waals surface area contributed by atoms with Crippen LogP contribution in [0.1, 0.15) is 0 Å². The van der Waals surface area contributed by atoms with Crippen LogP contribution in [-0.4, -0.2) is 9.13 Å². The molecule has 6 heteroatoms. The van der Waals surface area contributed by atoms with Crippen molar-refractivity contribution >= 4 is 0 Å². The monoisotopic (exact) mass is 264 g/mol. The molecule has 98 valence electrons. The van der Waals surface area contributed by atoms with E-state index in [1.54, 1.807) is 0 Å². The van der Waals surface area contributed by atoms with Crippen molar-refractivity contribution in [1.29, 1.82) is 0 Å². The maximum absolute atomic E-state index is 13.1. The highest BCUT2D eigenvalue weighted by Crippen LogP contribution is 2.10. The Hall–Kier alpha value is -2.50. The SMILES string of the molecule is C=CCn1ccn(-c2ccc(F)c(F)c2)c(=O)c1=O. The van der Waals surface area contributed by atoms with Gasteiger partial charge < -0.3 is 4.57 Å². The zero-order chi connectivity index (χ0) is 14.0. The normalized spacial score (nSPS) is 10.4. The minimum atomic E-state index is -1.08. The molecule has 0 aliphatic rings. The van der Waals surface area contributed by atoms with Crippen LogP contribution in [0.25, 0.3) is 5.69 Å². The van der Waals surface area contributed by atoms with Gasteiger partial charge >= 0.3 is 11.1 Å². The van der Waals surface area contributed by atoms with E-state index in [0.717, 1.165) is 16.7 Å². The third-order valence-electron chi connectivity index (χ3n) is 2.57. The van der Waals surface area contributed by atoms with Crippen molar-refractivity contribution in [2.45, 2.75) is 6.54 Å². The first-order chi connectivity index (χ1) is 9.04. The minimum absolute atomic E-state index is 0.0896. The molecule has 1 aromatic heterocycles. The van der Waals surface area contributed by atoms with Gasteiger partial charge in [-0.25, -0.2) is 8.78 Å². The van der Waals surface area contributed by atoms with Gasteiger partial charge in [-0.2, -0.15) is 0 Å². The van der Waals surface area contributed by atoms with Crippen LogP contribution in [0.5, 0.6) is 0 Å². The number of benzene rings is 1. The molecule has 0 spiro atoms. The number of allylic oxidation sites excluding steroid dienone is 1. The van der Waals surface area contributed by atoms with Crippen LogP contribution in [0.2, 0.25) is 0 Å². The second-order valence-electron chi connectivity index (χ2n) is 3.82. The van der Waals surface area contributed by atoms with Crippen LogP contribution in [0.4, 0.5) is 8.78 Å². The first-order valence-electron chi connectivity index (χ1n) is 5.43. The number of halogens is 2. The Bertz CT molecular complexity index is 747. The van der Waals surface area contributed by atoms with Crippen LogP contribution in [0, 0.1) is 11.6 Å². The lowest BCUT2D eigenvalue weighted by Gasteiger charge is -2.07. The van der Waals surface area contributed by atoms with Crippen LogP contribution in [-0.2, 0) is 6.54 Å². The van der Waals surface area contributed by atoms with Gasteiger partial charge in [-0.3, -0.25) is 14.2 Å². The second-order valence-corrected chi connectivity index (χ2v) is 3.82. The van der Waals surface area contributed by atoms with Gasteiger partial charge in [0.2, 0.25) is 0 Å². The number of hydrogen-bond acceptors (Lipinski definition) is 2. The average molecular weight is 264 g/mol. The number of aromatic nitrogens is 2. The highest BCUT2D eigenvalue weighted by molar-refractivity contribution is 5.32. The third-order valence-corrected chi connectivity index (χ3v) is 2.57. The number of hydrogen-bond donors (Lipinski definition) is 0. The van der Waals surface area contributed by atoms with Crippen molar-refractivity contribution in [3.05, 3.63) is 75.6 Å². The van der Waals surface area contributed by atoms with Gasteiger partial charge in [-0.15, -0.1) is 6.58 Å². The molecule has 0 aliphatic heterocycles. The molecule has 0 radical (unpaired) electrons. The van der Waals surface area contributed by atoms with E-state index in [4.69, 9.17) is 0 Å². The molecule has 0 aliphatic carbocycles. The molecular formula is C13H10F2N2O2. The van der Waals surface area contributed by atoms with E-state index < -0.39 is 22.8 Å². The Morgan fingerprint density at radius 2 is 1.84 bits per heavy atom. The van der Waals surface area contributed by atoms with Gasteiger partial charge in [0.05, 0.1) is 5.69 Å². The highest BCUT2D eigenvalue weighted by atomic mass is 19.2. The summed E-state index contributed by atoms with van der Waals surface area (Å²) in [6.07, 6.45) is 4.18. The minimum Gasteiger partial charge on any atom is -0.306 e. The molecule has 0 bridgehead atoms. The van der Waals surface area contributed by atoms with Gasteiger partial charge in [0.25, 0.3) is 0 Å². The van der Waals surface area contributed by atoms with Crippen LogP contribution < -0.4 is 11.1 Å². The Kier molecular flexibility index (Phi) is 3.41. The summed E-state index contributed by atoms with van der Waals surface area (Å²) in [6.45, 7) is 3.67. The molecule has 2 rings (SSSR count). The Labute approximate surface area is 106 Å². The molecular weight excluding hydrogens is 254 g/mol. The summed E-state index contributed by atoms with van der Waals surface area (Å²) < 4.78 is 28.1. The molecule has 0 saturated heterocycles. The fraction of sp³-hybridized carbons (Fsp3) is 0.0769. The predicted molar refractivity (Wildman–Crippen MR) is 66.4 cm³/mol. The summed E-state index contributed by atoms with van der Waals surface area (Å²) in [4.78, 5) is 23.6. The molecule has 0 atom stereocenters. The topological polar surface area (TPSA) is 44.0 Å². The standard InChI is InChI=1S/C13H10F2N2O2/c1-2-5-16-6-7-17(13(19)12(16)18)9-3-4-10(14)11(15)8-9/h2-4,6-8H,1,5H2. The molecule has 0 fully saturated rings. The van der Waals surface area contributed by atoms with Crippen LogP contribution >= 0.6 is 0 Å². The van der Waals surface area contributed by atoms with Gasteiger partial charge in [0.15, 0.2) is 11.6 Å². The summed E-state index contributed by atoms with van der Waals surface area (Å²) in [5.41, 5.74) is -1.51. The molecule has 1 aromatic carbocycles.